The van der Waals surface area contributed by atoms with Gasteiger partial charge in [0.2, 0.25) is 0 Å². The number of non-ortho nitro benzene ring substituents is 1. The van der Waals surface area contributed by atoms with Crippen molar-refractivity contribution in [1.82, 2.24) is 4.57 Å². The summed E-state index contributed by atoms with van der Waals surface area (Å²) in [6, 6.07) is 10.6. The van der Waals surface area contributed by atoms with Crippen LogP contribution >= 0.6 is 0 Å². The predicted molar refractivity (Wildman–Crippen MR) is 108 cm³/mol. The Morgan fingerprint density at radius 1 is 1.29 bits per heavy atom. The molecule has 1 N–H and O–H groups in total. The van der Waals surface area contributed by atoms with E-state index in [0.717, 1.165) is 11.8 Å². The summed E-state index contributed by atoms with van der Waals surface area (Å²) in [7, 11) is 0. The number of carbonyl (C=O) groups is 2. The minimum absolute atomic E-state index is 0.0485. The summed E-state index contributed by atoms with van der Waals surface area (Å²) in [5.74, 6) is -0.633. The summed E-state index contributed by atoms with van der Waals surface area (Å²) in [4.78, 5) is 34.8. The molecule has 1 amide bonds. The predicted octanol–water partition coefficient (Wildman–Crippen LogP) is 3.32. The number of furan rings is 1. The lowest BCUT2D eigenvalue weighted by Gasteiger charge is -2.12. The number of hydrogen-bond acceptors (Lipinski definition) is 7. The van der Waals surface area contributed by atoms with Crippen molar-refractivity contribution in [2.24, 2.45) is 0 Å². The number of carbonyl (C=O) groups excluding carboxylic acids is 2. The van der Waals surface area contributed by atoms with Crippen LogP contribution in [-0.2, 0) is 16.1 Å². The molecule has 31 heavy (non-hydrogen) atoms. The molecule has 0 fully saturated rings. The molecule has 0 aliphatic rings. The monoisotopic (exact) mass is 422 g/mol. The van der Waals surface area contributed by atoms with Crippen LogP contribution in [0.5, 0.6) is 0 Å². The lowest BCUT2D eigenvalue weighted by molar-refractivity contribution is -0.384. The van der Waals surface area contributed by atoms with Crippen molar-refractivity contribution < 1.29 is 23.7 Å². The number of rotatable bonds is 7. The van der Waals surface area contributed by atoms with Crippen LogP contribution in [0.1, 0.15) is 32.9 Å². The van der Waals surface area contributed by atoms with Crippen LogP contribution in [0.4, 0.5) is 11.5 Å². The van der Waals surface area contributed by atoms with Crippen molar-refractivity contribution in [3.63, 3.8) is 0 Å². The Bertz CT molecular complexity index is 1190. The molecule has 1 aromatic carbocycles. The number of esters is 1. The van der Waals surface area contributed by atoms with E-state index in [1.807, 2.05) is 6.92 Å². The Labute approximate surface area is 176 Å². The molecule has 2 heterocycles. The highest BCUT2D eigenvalue weighted by molar-refractivity contribution is 5.96. The fraction of sp³-hybridized carbons (Fsp3) is 0.190. The summed E-state index contributed by atoms with van der Waals surface area (Å²) in [5, 5.41) is 23.0. The molecule has 3 aromatic rings. The first-order chi connectivity index (χ1) is 14.8. The summed E-state index contributed by atoms with van der Waals surface area (Å²) in [6.07, 6.45) is 1.53. The number of hydrogen-bond donors (Lipinski definition) is 1. The third kappa shape index (κ3) is 4.62. The van der Waals surface area contributed by atoms with E-state index >= 15 is 0 Å². The average molecular weight is 422 g/mol. The second-order valence-electron chi connectivity index (χ2n) is 6.64. The van der Waals surface area contributed by atoms with Gasteiger partial charge in [0.25, 0.3) is 11.6 Å². The highest BCUT2D eigenvalue weighted by atomic mass is 16.6. The summed E-state index contributed by atoms with van der Waals surface area (Å²) in [5.41, 5.74) is 1.46. The van der Waals surface area contributed by atoms with E-state index in [1.165, 1.54) is 24.5 Å². The maximum absolute atomic E-state index is 12.4. The minimum atomic E-state index is -0.877. The Morgan fingerprint density at radius 2 is 2.06 bits per heavy atom. The van der Waals surface area contributed by atoms with Gasteiger partial charge < -0.3 is 19.0 Å². The number of nitro groups is 1. The highest BCUT2D eigenvalue weighted by Gasteiger charge is 2.21. The molecule has 0 saturated carbocycles. The molecular weight excluding hydrogens is 404 g/mol. The fourth-order valence-corrected chi connectivity index (χ4v) is 3.02. The molecule has 3 rings (SSSR count). The first-order valence-electron chi connectivity index (χ1n) is 9.15. The topological polar surface area (TPSA) is 140 Å². The molecule has 158 valence electrons. The summed E-state index contributed by atoms with van der Waals surface area (Å²) >= 11 is 0. The van der Waals surface area contributed by atoms with Crippen LogP contribution in [0.25, 0.3) is 0 Å². The van der Waals surface area contributed by atoms with Crippen molar-refractivity contribution >= 4 is 23.4 Å². The van der Waals surface area contributed by atoms with Gasteiger partial charge >= 0.3 is 5.97 Å². The van der Waals surface area contributed by atoms with Crippen LogP contribution in [0.2, 0.25) is 0 Å². The molecule has 0 aliphatic heterocycles. The van der Waals surface area contributed by atoms with Gasteiger partial charge in [-0.05, 0) is 37.6 Å². The van der Waals surface area contributed by atoms with E-state index in [1.54, 1.807) is 23.6 Å². The van der Waals surface area contributed by atoms with Crippen LogP contribution < -0.4 is 5.32 Å². The average Bonchev–Trinajstić information content (AvgIpc) is 3.35. The second-order valence-corrected chi connectivity index (χ2v) is 6.64. The number of nitrogens with one attached hydrogen (secondary N) is 1. The number of aromatic nitrogens is 1. The van der Waals surface area contributed by atoms with E-state index in [4.69, 9.17) is 9.15 Å². The van der Waals surface area contributed by atoms with Crippen LogP contribution in [-0.4, -0.2) is 28.0 Å². The minimum Gasteiger partial charge on any atom is -0.467 e. The number of nitro benzene ring substituents is 1. The largest absolute Gasteiger partial charge is 0.467 e. The van der Waals surface area contributed by atoms with Crippen LogP contribution in [0.15, 0.2) is 47.1 Å². The van der Waals surface area contributed by atoms with Gasteiger partial charge in [-0.15, -0.1) is 0 Å². The number of benzene rings is 1. The smallest absolute Gasteiger partial charge is 0.338 e. The number of ether oxygens (including phenoxy) is 1. The molecule has 10 nitrogen and oxygen atoms in total. The Morgan fingerprint density at radius 3 is 2.71 bits per heavy atom. The normalized spacial score (nSPS) is 10.4. The molecule has 0 bridgehead atoms. The molecule has 0 unspecified atom stereocenters. The highest BCUT2D eigenvalue weighted by Crippen LogP contribution is 2.27. The quantitative estimate of drug-likeness (QED) is 0.350. The maximum Gasteiger partial charge on any atom is 0.338 e. The van der Waals surface area contributed by atoms with Gasteiger partial charge in [-0.3, -0.25) is 14.9 Å². The molecule has 0 spiro atoms. The second kappa shape index (κ2) is 8.96. The van der Waals surface area contributed by atoms with Gasteiger partial charge in [-0.25, -0.2) is 4.79 Å². The van der Waals surface area contributed by atoms with Crippen molar-refractivity contribution in [3.05, 3.63) is 80.9 Å². The van der Waals surface area contributed by atoms with Crippen LogP contribution in [0, 0.1) is 35.3 Å². The molecular formula is C21H18N4O6. The van der Waals surface area contributed by atoms with Crippen molar-refractivity contribution in [2.45, 2.75) is 20.4 Å². The zero-order valence-electron chi connectivity index (χ0n) is 16.7. The number of amides is 1. The van der Waals surface area contributed by atoms with Gasteiger partial charge in [0.1, 0.15) is 17.6 Å². The molecule has 10 heteroatoms. The van der Waals surface area contributed by atoms with E-state index in [0.29, 0.717) is 23.4 Å². The van der Waals surface area contributed by atoms with Gasteiger partial charge in [0.05, 0.1) is 28.9 Å². The summed E-state index contributed by atoms with van der Waals surface area (Å²) in [6.45, 7) is 3.25. The third-order valence-corrected chi connectivity index (χ3v) is 4.72. The first kappa shape index (κ1) is 21.3. The van der Waals surface area contributed by atoms with E-state index in [2.05, 4.69) is 11.4 Å². The molecule has 0 aliphatic carbocycles. The van der Waals surface area contributed by atoms with Gasteiger partial charge in [0.15, 0.2) is 6.61 Å². The van der Waals surface area contributed by atoms with Crippen LogP contribution in [0.3, 0.4) is 0 Å². The lowest BCUT2D eigenvalue weighted by atomic mass is 10.2. The first-order valence-corrected chi connectivity index (χ1v) is 9.15. The third-order valence-electron chi connectivity index (χ3n) is 4.72. The molecule has 0 atom stereocenters. The zero-order valence-corrected chi connectivity index (χ0v) is 16.7. The zero-order chi connectivity index (χ0) is 22.5. The van der Waals surface area contributed by atoms with Gasteiger partial charge in [-0.1, -0.05) is 6.07 Å². The fourth-order valence-electron chi connectivity index (χ4n) is 3.02. The van der Waals surface area contributed by atoms with Crippen molar-refractivity contribution in [3.8, 4) is 6.07 Å². The summed E-state index contributed by atoms with van der Waals surface area (Å²) < 4.78 is 12.1. The van der Waals surface area contributed by atoms with Crippen molar-refractivity contribution in [2.75, 3.05) is 11.9 Å². The van der Waals surface area contributed by atoms with Gasteiger partial charge in [-0.2, -0.15) is 5.26 Å². The van der Waals surface area contributed by atoms with Gasteiger partial charge in [0, 0.05) is 17.8 Å². The van der Waals surface area contributed by atoms with Crippen molar-refractivity contribution in [1.29, 1.82) is 5.26 Å². The Kier molecular flexibility index (Phi) is 6.16. The molecule has 2 aromatic heterocycles. The van der Waals surface area contributed by atoms with E-state index in [9.17, 15) is 25.0 Å². The lowest BCUT2D eigenvalue weighted by Crippen LogP contribution is -2.23. The molecule has 0 saturated heterocycles. The maximum atomic E-state index is 12.4. The van der Waals surface area contributed by atoms with E-state index < -0.39 is 23.4 Å². The van der Waals surface area contributed by atoms with E-state index in [-0.39, 0.29) is 17.1 Å². The number of nitrogens with zero attached hydrogens (tertiary/aromatic N) is 3. The standard InChI is InChI=1S/C21H18N4O6/c1-13-14(2)24(11-17-7-4-8-30-17)20(18(13)10-22)23-19(26)12-31-21(27)15-5-3-6-16(9-15)25(28)29/h3-9H,11-12H2,1-2H3,(H,23,26). The number of anilines is 1. The Balaban J connectivity index is 1.74. The molecule has 0 radical (unpaired) electrons. The Hall–Kier alpha value is -4.39. The number of nitriles is 1. The SMILES string of the molecule is Cc1c(C#N)c(NC(=O)COC(=O)c2cccc([N+](=O)[O-])c2)n(Cc2ccco2)c1C.